The van der Waals surface area contributed by atoms with Gasteiger partial charge in [-0.05, 0) is 31.2 Å². The van der Waals surface area contributed by atoms with E-state index in [1.165, 1.54) is 19.3 Å². The van der Waals surface area contributed by atoms with Crippen molar-refractivity contribution in [3.8, 4) is 5.75 Å². The van der Waals surface area contributed by atoms with Gasteiger partial charge in [0.1, 0.15) is 11.9 Å². The van der Waals surface area contributed by atoms with E-state index in [4.69, 9.17) is 4.74 Å². The molecule has 2 atom stereocenters. The van der Waals surface area contributed by atoms with E-state index >= 15 is 0 Å². The number of nitrogens with zero attached hydrogens (tertiary/aromatic N) is 1. The van der Waals surface area contributed by atoms with E-state index in [-0.39, 0.29) is 6.10 Å². The van der Waals surface area contributed by atoms with Crippen LogP contribution in [0.15, 0.2) is 18.5 Å². The molecule has 0 N–H and O–H groups in total. The summed E-state index contributed by atoms with van der Waals surface area (Å²) in [5.74, 6) is 1.30. The molecule has 0 saturated heterocycles. The van der Waals surface area contributed by atoms with E-state index in [0.29, 0.717) is 17.2 Å². The summed E-state index contributed by atoms with van der Waals surface area (Å²) in [6.45, 7) is 2.22. The Morgan fingerprint density at radius 1 is 1.38 bits per heavy atom. The highest BCUT2D eigenvalue weighted by molar-refractivity contribution is 5.74. The monoisotopic (exact) mass is 219 g/mol. The van der Waals surface area contributed by atoms with E-state index in [1.54, 1.807) is 18.5 Å². The first kappa shape index (κ1) is 11.1. The van der Waals surface area contributed by atoms with Crippen molar-refractivity contribution in [1.29, 1.82) is 0 Å². The van der Waals surface area contributed by atoms with Crippen LogP contribution in [-0.2, 0) is 0 Å². The van der Waals surface area contributed by atoms with Crippen LogP contribution in [0.25, 0.3) is 0 Å². The van der Waals surface area contributed by atoms with Crippen LogP contribution in [-0.4, -0.2) is 17.4 Å². The fourth-order valence-electron chi connectivity index (χ4n) is 2.20. The molecule has 1 aromatic heterocycles. The second kappa shape index (κ2) is 5.10. The second-order valence-corrected chi connectivity index (χ2v) is 4.49. The van der Waals surface area contributed by atoms with Crippen molar-refractivity contribution >= 4 is 6.29 Å². The molecular weight excluding hydrogens is 202 g/mol. The lowest BCUT2D eigenvalue weighted by atomic mass is 9.88. The van der Waals surface area contributed by atoms with Crippen molar-refractivity contribution in [2.45, 2.75) is 38.7 Å². The van der Waals surface area contributed by atoms with Gasteiger partial charge >= 0.3 is 0 Å². The van der Waals surface area contributed by atoms with Crippen LogP contribution in [0.5, 0.6) is 5.75 Å². The number of hydrogen-bond donors (Lipinski definition) is 0. The van der Waals surface area contributed by atoms with E-state index in [9.17, 15) is 4.79 Å². The minimum atomic E-state index is 0.275. The molecule has 0 spiro atoms. The van der Waals surface area contributed by atoms with Crippen LogP contribution in [0.1, 0.15) is 43.0 Å². The summed E-state index contributed by atoms with van der Waals surface area (Å²) in [7, 11) is 0. The molecule has 2 unspecified atom stereocenters. The maximum absolute atomic E-state index is 10.6. The molecule has 16 heavy (non-hydrogen) atoms. The molecule has 1 aliphatic carbocycles. The van der Waals surface area contributed by atoms with E-state index in [0.717, 1.165) is 12.7 Å². The van der Waals surface area contributed by atoms with Crippen LogP contribution in [0.3, 0.4) is 0 Å². The fourth-order valence-corrected chi connectivity index (χ4v) is 2.20. The third-order valence-electron chi connectivity index (χ3n) is 3.19. The SMILES string of the molecule is CC1CCCCC1Oc1cncc(C=O)c1. The van der Waals surface area contributed by atoms with Crippen molar-refractivity contribution in [3.63, 3.8) is 0 Å². The smallest absolute Gasteiger partial charge is 0.151 e. The number of aromatic nitrogens is 1. The van der Waals surface area contributed by atoms with Crippen molar-refractivity contribution in [3.05, 3.63) is 24.0 Å². The predicted molar refractivity (Wildman–Crippen MR) is 61.7 cm³/mol. The van der Waals surface area contributed by atoms with Gasteiger partial charge in [0.05, 0.1) is 6.20 Å². The molecule has 0 aliphatic heterocycles. The van der Waals surface area contributed by atoms with E-state index in [2.05, 4.69) is 11.9 Å². The molecule has 0 aromatic carbocycles. The van der Waals surface area contributed by atoms with Gasteiger partial charge in [0.25, 0.3) is 0 Å². The number of ether oxygens (including phenoxy) is 1. The van der Waals surface area contributed by atoms with Gasteiger partial charge in [-0.15, -0.1) is 0 Å². The molecule has 1 saturated carbocycles. The number of carbonyl (C=O) groups is 1. The van der Waals surface area contributed by atoms with Crippen LogP contribution in [0.4, 0.5) is 0 Å². The fraction of sp³-hybridized carbons (Fsp3) is 0.538. The minimum absolute atomic E-state index is 0.275. The molecule has 0 bridgehead atoms. The summed E-state index contributed by atoms with van der Waals surface area (Å²) < 4.78 is 5.89. The zero-order chi connectivity index (χ0) is 11.4. The Hall–Kier alpha value is -1.38. The molecule has 1 aliphatic rings. The van der Waals surface area contributed by atoms with Gasteiger partial charge in [0.2, 0.25) is 0 Å². The van der Waals surface area contributed by atoms with Crippen molar-refractivity contribution in [1.82, 2.24) is 4.98 Å². The summed E-state index contributed by atoms with van der Waals surface area (Å²) in [5, 5.41) is 0. The Kier molecular flexibility index (Phi) is 3.54. The van der Waals surface area contributed by atoms with Gasteiger partial charge in [0, 0.05) is 11.8 Å². The molecule has 0 amide bonds. The topological polar surface area (TPSA) is 39.2 Å². The predicted octanol–water partition coefficient (Wildman–Crippen LogP) is 2.85. The molecule has 1 heterocycles. The Labute approximate surface area is 95.8 Å². The van der Waals surface area contributed by atoms with E-state index in [1.807, 2.05) is 0 Å². The van der Waals surface area contributed by atoms with Crippen molar-refractivity contribution < 1.29 is 9.53 Å². The number of hydrogen-bond acceptors (Lipinski definition) is 3. The second-order valence-electron chi connectivity index (χ2n) is 4.49. The summed E-state index contributed by atoms with van der Waals surface area (Å²) in [4.78, 5) is 14.6. The largest absolute Gasteiger partial charge is 0.489 e. The summed E-state index contributed by atoms with van der Waals surface area (Å²) in [6.07, 6.45) is 9.15. The lowest BCUT2D eigenvalue weighted by Crippen LogP contribution is -2.28. The molecule has 0 radical (unpaired) electrons. The molecule has 1 aromatic rings. The van der Waals surface area contributed by atoms with E-state index < -0.39 is 0 Å². The summed E-state index contributed by atoms with van der Waals surface area (Å²) >= 11 is 0. The maximum Gasteiger partial charge on any atom is 0.151 e. The quantitative estimate of drug-likeness (QED) is 0.734. The zero-order valence-electron chi connectivity index (χ0n) is 9.56. The van der Waals surface area contributed by atoms with Crippen LogP contribution >= 0.6 is 0 Å². The molecule has 86 valence electrons. The Bertz CT molecular complexity index is 365. The Balaban J connectivity index is 2.04. The van der Waals surface area contributed by atoms with Gasteiger partial charge in [-0.2, -0.15) is 0 Å². The Morgan fingerprint density at radius 2 is 2.19 bits per heavy atom. The lowest BCUT2D eigenvalue weighted by molar-refractivity contribution is 0.101. The zero-order valence-corrected chi connectivity index (χ0v) is 9.56. The Morgan fingerprint density at radius 3 is 2.94 bits per heavy atom. The summed E-state index contributed by atoms with van der Waals surface area (Å²) in [6, 6.07) is 1.75. The highest BCUT2D eigenvalue weighted by Crippen LogP contribution is 2.27. The van der Waals surface area contributed by atoms with Gasteiger partial charge in [-0.1, -0.05) is 13.3 Å². The molecule has 2 rings (SSSR count). The lowest BCUT2D eigenvalue weighted by Gasteiger charge is -2.29. The maximum atomic E-state index is 10.6. The number of aldehydes is 1. The molecule has 3 nitrogen and oxygen atoms in total. The summed E-state index contributed by atoms with van der Waals surface area (Å²) in [5.41, 5.74) is 0.570. The third kappa shape index (κ3) is 2.60. The van der Waals surface area contributed by atoms with Crippen LogP contribution in [0.2, 0.25) is 0 Å². The average Bonchev–Trinajstić information content (AvgIpc) is 2.32. The molecular formula is C13H17NO2. The van der Waals surface area contributed by atoms with Gasteiger partial charge in [-0.3, -0.25) is 9.78 Å². The molecule has 3 heteroatoms. The third-order valence-corrected chi connectivity index (χ3v) is 3.19. The van der Waals surface area contributed by atoms with Gasteiger partial charge in [-0.25, -0.2) is 0 Å². The standard InChI is InChI=1S/C13H17NO2/c1-10-4-2-3-5-13(10)16-12-6-11(9-15)7-14-8-12/h6-10,13H,2-5H2,1H3. The number of rotatable bonds is 3. The van der Waals surface area contributed by atoms with Crippen molar-refractivity contribution in [2.24, 2.45) is 5.92 Å². The molecule has 1 fully saturated rings. The van der Waals surface area contributed by atoms with Crippen LogP contribution in [0, 0.1) is 5.92 Å². The average molecular weight is 219 g/mol. The normalized spacial score (nSPS) is 25.1. The highest BCUT2D eigenvalue weighted by Gasteiger charge is 2.22. The first-order valence-electron chi connectivity index (χ1n) is 5.86. The highest BCUT2D eigenvalue weighted by atomic mass is 16.5. The van der Waals surface area contributed by atoms with Gasteiger partial charge < -0.3 is 4.74 Å². The minimum Gasteiger partial charge on any atom is -0.489 e. The van der Waals surface area contributed by atoms with Gasteiger partial charge in [0.15, 0.2) is 6.29 Å². The number of pyridine rings is 1. The van der Waals surface area contributed by atoms with Crippen LogP contribution < -0.4 is 4.74 Å². The first-order chi connectivity index (χ1) is 7.79. The first-order valence-corrected chi connectivity index (χ1v) is 5.86. The van der Waals surface area contributed by atoms with Crippen molar-refractivity contribution in [2.75, 3.05) is 0 Å². The number of carbonyl (C=O) groups excluding carboxylic acids is 1.